The zero-order valence-electron chi connectivity index (χ0n) is 15.8. The molecular weight excluding hydrogens is 403 g/mol. The van der Waals surface area contributed by atoms with Crippen LogP contribution in [0.2, 0.25) is 0 Å². The Bertz CT molecular complexity index is 1130. The summed E-state index contributed by atoms with van der Waals surface area (Å²) in [5.74, 6) is -0.666. The molecule has 0 aliphatic carbocycles. The van der Waals surface area contributed by atoms with Crippen molar-refractivity contribution < 1.29 is 27.8 Å². The molecule has 1 aromatic heterocycles. The number of carbonyl (C=O) groups is 1. The van der Waals surface area contributed by atoms with Gasteiger partial charge in [0.15, 0.2) is 5.69 Å². The first kappa shape index (κ1) is 21.3. The zero-order valence-corrected chi connectivity index (χ0v) is 15.8. The Balaban J connectivity index is 1.63. The third kappa shape index (κ3) is 4.77. The van der Waals surface area contributed by atoms with Crippen LogP contribution in [0.15, 0.2) is 53.3 Å². The predicted molar refractivity (Wildman–Crippen MR) is 102 cm³/mol. The van der Waals surface area contributed by atoms with Gasteiger partial charge in [-0.25, -0.2) is 4.68 Å². The van der Waals surface area contributed by atoms with Crippen LogP contribution in [0, 0.1) is 0 Å². The number of halogens is 3. The van der Waals surface area contributed by atoms with Crippen LogP contribution in [0.4, 0.5) is 13.2 Å². The van der Waals surface area contributed by atoms with Crippen LogP contribution in [-0.2, 0) is 13.2 Å². The number of nitrogens with one attached hydrogen (secondary N) is 1. The molecule has 30 heavy (non-hydrogen) atoms. The van der Waals surface area contributed by atoms with Crippen LogP contribution in [0.5, 0.6) is 5.75 Å². The van der Waals surface area contributed by atoms with Gasteiger partial charge in [0.05, 0.1) is 10.9 Å². The van der Waals surface area contributed by atoms with Gasteiger partial charge in [-0.1, -0.05) is 24.3 Å². The minimum atomic E-state index is -4.50. The second-order valence-corrected chi connectivity index (χ2v) is 6.52. The molecule has 10 heteroatoms. The molecule has 2 N–H and O–H groups in total. The fourth-order valence-corrected chi connectivity index (χ4v) is 2.78. The molecular formula is C20H18F3N3O4. The number of aromatic nitrogens is 2. The molecule has 3 aromatic rings. The van der Waals surface area contributed by atoms with Gasteiger partial charge in [-0.05, 0) is 24.3 Å². The Morgan fingerprint density at radius 1 is 1.20 bits per heavy atom. The molecule has 2 aromatic carbocycles. The van der Waals surface area contributed by atoms with E-state index in [-0.39, 0.29) is 30.2 Å². The van der Waals surface area contributed by atoms with Crippen molar-refractivity contribution in [1.82, 2.24) is 15.1 Å². The number of aryl methyl sites for hydroxylation is 1. The number of benzene rings is 2. The van der Waals surface area contributed by atoms with E-state index in [1.807, 2.05) is 0 Å². The molecule has 1 heterocycles. The Morgan fingerprint density at radius 3 is 2.60 bits per heavy atom. The number of nitrogens with zero attached hydrogens (tertiary/aromatic N) is 2. The van der Waals surface area contributed by atoms with Gasteiger partial charge in [-0.15, -0.1) is 0 Å². The van der Waals surface area contributed by atoms with Crippen molar-refractivity contribution in [1.29, 1.82) is 0 Å². The van der Waals surface area contributed by atoms with Crippen molar-refractivity contribution in [2.45, 2.75) is 12.3 Å². The van der Waals surface area contributed by atoms with E-state index in [1.54, 1.807) is 24.3 Å². The van der Waals surface area contributed by atoms with Crippen molar-refractivity contribution in [2.75, 3.05) is 13.2 Å². The molecule has 7 nitrogen and oxygen atoms in total. The van der Waals surface area contributed by atoms with Crippen molar-refractivity contribution >= 4 is 16.7 Å². The molecule has 1 amide bonds. The predicted octanol–water partition coefficient (Wildman–Crippen LogP) is 2.12. The average Bonchev–Trinajstić information content (AvgIpc) is 2.72. The number of rotatable bonds is 6. The minimum Gasteiger partial charge on any atom is -0.491 e. The second kappa shape index (κ2) is 8.54. The summed E-state index contributed by atoms with van der Waals surface area (Å²) in [7, 11) is 1.42. The Morgan fingerprint density at radius 2 is 1.90 bits per heavy atom. The molecule has 0 saturated carbocycles. The summed E-state index contributed by atoms with van der Waals surface area (Å²) < 4.78 is 44.4. The topological polar surface area (TPSA) is 93.5 Å². The van der Waals surface area contributed by atoms with Crippen molar-refractivity contribution in [3.8, 4) is 5.75 Å². The molecule has 0 fully saturated rings. The Kier molecular flexibility index (Phi) is 6.06. The van der Waals surface area contributed by atoms with E-state index >= 15 is 0 Å². The van der Waals surface area contributed by atoms with E-state index in [2.05, 4.69) is 10.4 Å². The molecule has 1 unspecified atom stereocenters. The fourth-order valence-electron chi connectivity index (χ4n) is 2.78. The molecule has 0 radical (unpaired) electrons. The maximum absolute atomic E-state index is 12.7. The van der Waals surface area contributed by atoms with Crippen LogP contribution in [0.25, 0.3) is 10.8 Å². The molecule has 0 aliphatic rings. The Hall–Kier alpha value is -3.40. The quantitative estimate of drug-likeness (QED) is 0.636. The number of fused-ring (bicyclic) bond motifs is 1. The van der Waals surface area contributed by atoms with Crippen LogP contribution in [0.3, 0.4) is 0 Å². The normalized spacial score (nSPS) is 12.6. The maximum Gasteiger partial charge on any atom is 0.416 e. The minimum absolute atomic E-state index is 0.0127. The van der Waals surface area contributed by atoms with Crippen molar-refractivity contribution in [3.63, 3.8) is 0 Å². The smallest absolute Gasteiger partial charge is 0.416 e. The molecule has 3 rings (SSSR count). The van der Waals surface area contributed by atoms with E-state index in [1.165, 1.54) is 19.2 Å². The van der Waals surface area contributed by atoms with Crippen LogP contribution in [0.1, 0.15) is 16.1 Å². The summed E-state index contributed by atoms with van der Waals surface area (Å²) in [4.78, 5) is 24.6. The summed E-state index contributed by atoms with van der Waals surface area (Å²) in [5.41, 5.74) is -1.20. The van der Waals surface area contributed by atoms with Gasteiger partial charge in [0.2, 0.25) is 0 Å². The zero-order chi connectivity index (χ0) is 21.9. The van der Waals surface area contributed by atoms with Gasteiger partial charge in [-0.2, -0.15) is 18.3 Å². The first-order chi connectivity index (χ1) is 14.2. The molecule has 158 valence electrons. The van der Waals surface area contributed by atoms with Gasteiger partial charge in [0.25, 0.3) is 11.5 Å². The van der Waals surface area contributed by atoms with Gasteiger partial charge < -0.3 is 15.2 Å². The first-order valence-electron chi connectivity index (χ1n) is 8.89. The van der Waals surface area contributed by atoms with Gasteiger partial charge in [-0.3, -0.25) is 9.59 Å². The van der Waals surface area contributed by atoms with Gasteiger partial charge >= 0.3 is 6.18 Å². The molecule has 1 atom stereocenters. The number of alkyl halides is 3. The largest absolute Gasteiger partial charge is 0.491 e. The van der Waals surface area contributed by atoms with E-state index in [0.29, 0.717) is 10.8 Å². The SMILES string of the molecule is Cn1nc(C(=O)NCC(O)COc2cccc(C(F)(F)F)c2)c2ccccc2c1=O. The third-order valence-electron chi connectivity index (χ3n) is 4.27. The summed E-state index contributed by atoms with van der Waals surface area (Å²) in [6, 6.07) is 10.8. The maximum atomic E-state index is 12.7. The molecule has 0 spiro atoms. The number of ether oxygens (including phenoxy) is 1. The van der Waals surface area contributed by atoms with E-state index in [4.69, 9.17) is 4.74 Å². The highest BCUT2D eigenvalue weighted by atomic mass is 19.4. The summed E-state index contributed by atoms with van der Waals surface area (Å²) >= 11 is 0. The standard InChI is InChI=1S/C20H18F3N3O4/c1-26-19(29)16-8-3-2-7-15(16)17(25-26)18(28)24-10-13(27)11-30-14-6-4-5-12(9-14)20(21,22)23/h2-9,13,27H,10-11H2,1H3,(H,24,28). The number of aliphatic hydroxyl groups excluding tert-OH is 1. The number of hydrogen-bond donors (Lipinski definition) is 2. The third-order valence-corrected chi connectivity index (χ3v) is 4.27. The van der Waals surface area contributed by atoms with E-state index < -0.39 is 23.8 Å². The monoisotopic (exact) mass is 421 g/mol. The van der Waals surface area contributed by atoms with Gasteiger partial charge in [0, 0.05) is 19.0 Å². The Labute approximate surface area is 168 Å². The number of aliphatic hydroxyl groups is 1. The van der Waals surface area contributed by atoms with E-state index in [9.17, 15) is 27.9 Å². The average molecular weight is 421 g/mol. The van der Waals surface area contributed by atoms with Crippen LogP contribution < -0.4 is 15.6 Å². The van der Waals surface area contributed by atoms with Crippen molar-refractivity contribution in [3.05, 3.63) is 70.1 Å². The number of hydrogen-bond acceptors (Lipinski definition) is 5. The molecule has 0 bridgehead atoms. The van der Waals surface area contributed by atoms with E-state index in [0.717, 1.165) is 16.8 Å². The summed E-state index contributed by atoms with van der Waals surface area (Å²) in [6.45, 7) is -0.556. The number of amides is 1. The lowest BCUT2D eigenvalue weighted by atomic mass is 10.1. The highest BCUT2D eigenvalue weighted by Gasteiger charge is 2.30. The highest BCUT2D eigenvalue weighted by molar-refractivity contribution is 6.04. The van der Waals surface area contributed by atoms with Crippen LogP contribution >= 0.6 is 0 Å². The van der Waals surface area contributed by atoms with Crippen LogP contribution in [-0.4, -0.2) is 40.0 Å². The fraction of sp³-hybridized carbons (Fsp3) is 0.250. The lowest BCUT2D eigenvalue weighted by Gasteiger charge is -2.15. The number of carbonyl (C=O) groups excluding carboxylic acids is 1. The van der Waals surface area contributed by atoms with Gasteiger partial charge in [0.1, 0.15) is 18.5 Å². The molecule has 0 aliphatic heterocycles. The summed E-state index contributed by atoms with van der Waals surface area (Å²) in [6.07, 6.45) is -5.68. The first-order valence-corrected chi connectivity index (χ1v) is 8.89. The highest BCUT2D eigenvalue weighted by Crippen LogP contribution is 2.31. The second-order valence-electron chi connectivity index (χ2n) is 6.52. The van der Waals surface area contributed by atoms with Crippen molar-refractivity contribution in [2.24, 2.45) is 7.05 Å². The lowest BCUT2D eigenvalue weighted by Crippen LogP contribution is -2.36. The lowest BCUT2D eigenvalue weighted by molar-refractivity contribution is -0.137. The summed E-state index contributed by atoms with van der Waals surface area (Å²) in [5, 5.41) is 17.2. The molecule has 0 saturated heterocycles.